The van der Waals surface area contributed by atoms with Crippen LogP contribution >= 0.6 is 0 Å². The Morgan fingerprint density at radius 2 is 1.77 bits per heavy atom. The molecule has 0 unspecified atom stereocenters. The van der Waals surface area contributed by atoms with E-state index in [1.165, 1.54) is 11.0 Å². The molecule has 26 heavy (non-hydrogen) atoms. The molecule has 0 saturated heterocycles. The van der Waals surface area contributed by atoms with E-state index in [1.54, 1.807) is 43.4 Å². The lowest BCUT2D eigenvalue weighted by atomic mass is 10.1. The average Bonchev–Trinajstić information content (AvgIpc) is 2.85. The smallest absolute Gasteiger partial charge is 0.261 e. The largest absolute Gasteiger partial charge is 0.341 e. The maximum Gasteiger partial charge on any atom is 0.261 e. The number of rotatable bonds is 5. The molecule has 0 fully saturated rings. The Morgan fingerprint density at radius 3 is 2.50 bits per heavy atom. The fourth-order valence-electron chi connectivity index (χ4n) is 2.98. The Bertz CT molecular complexity index is 894. The van der Waals surface area contributed by atoms with Crippen LogP contribution in [0.3, 0.4) is 0 Å². The average molecular weight is 354 g/mol. The molecule has 6 heteroatoms. The number of halogens is 1. The molecule has 2 aromatic rings. The van der Waals surface area contributed by atoms with E-state index in [9.17, 15) is 18.8 Å². The number of hydrogen-bond donors (Lipinski definition) is 0. The summed E-state index contributed by atoms with van der Waals surface area (Å²) in [7, 11) is 1.57. The highest BCUT2D eigenvalue weighted by Gasteiger charge is 2.35. The van der Waals surface area contributed by atoms with E-state index in [0.717, 1.165) is 10.5 Å². The van der Waals surface area contributed by atoms with Crippen molar-refractivity contribution in [2.45, 2.75) is 19.9 Å². The highest BCUT2D eigenvalue weighted by Crippen LogP contribution is 2.24. The molecule has 5 nitrogen and oxygen atoms in total. The van der Waals surface area contributed by atoms with Gasteiger partial charge in [-0.2, -0.15) is 0 Å². The van der Waals surface area contributed by atoms with Crippen LogP contribution in [0.4, 0.5) is 4.39 Å². The number of benzene rings is 2. The van der Waals surface area contributed by atoms with Crippen molar-refractivity contribution < 1.29 is 18.8 Å². The monoisotopic (exact) mass is 354 g/mol. The fraction of sp³-hybridized carbons (Fsp3) is 0.250. The number of amides is 3. The van der Waals surface area contributed by atoms with Crippen molar-refractivity contribution in [1.82, 2.24) is 9.80 Å². The number of nitrogens with zero attached hydrogens (tertiary/aromatic N) is 2. The summed E-state index contributed by atoms with van der Waals surface area (Å²) < 4.78 is 13.7. The van der Waals surface area contributed by atoms with Crippen molar-refractivity contribution in [3.8, 4) is 0 Å². The van der Waals surface area contributed by atoms with Crippen LogP contribution in [0.25, 0.3) is 0 Å². The second-order valence-corrected chi connectivity index (χ2v) is 6.40. The molecule has 0 aromatic heterocycles. The third kappa shape index (κ3) is 3.35. The third-order valence-electron chi connectivity index (χ3n) is 4.47. The zero-order chi connectivity index (χ0) is 18.8. The van der Waals surface area contributed by atoms with Gasteiger partial charge in [-0.05, 0) is 25.1 Å². The zero-order valence-corrected chi connectivity index (χ0v) is 14.7. The second-order valence-electron chi connectivity index (χ2n) is 6.40. The van der Waals surface area contributed by atoms with Gasteiger partial charge in [-0.1, -0.05) is 29.8 Å². The first-order chi connectivity index (χ1) is 12.4. The van der Waals surface area contributed by atoms with E-state index in [2.05, 4.69) is 0 Å². The summed E-state index contributed by atoms with van der Waals surface area (Å²) in [5.74, 6) is -1.39. The first-order valence-electron chi connectivity index (χ1n) is 8.32. The summed E-state index contributed by atoms with van der Waals surface area (Å²) >= 11 is 0. The van der Waals surface area contributed by atoms with Crippen molar-refractivity contribution in [3.05, 3.63) is 70.5 Å². The lowest BCUT2D eigenvalue weighted by molar-refractivity contribution is -0.130. The molecule has 0 radical (unpaired) electrons. The summed E-state index contributed by atoms with van der Waals surface area (Å²) in [5.41, 5.74) is 2.06. The van der Waals surface area contributed by atoms with Crippen molar-refractivity contribution in [2.75, 3.05) is 13.6 Å². The van der Waals surface area contributed by atoms with Crippen molar-refractivity contribution >= 4 is 17.7 Å². The predicted octanol–water partition coefficient (Wildman–Crippen LogP) is 2.78. The highest BCUT2D eigenvalue weighted by molar-refractivity contribution is 6.21. The van der Waals surface area contributed by atoms with Gasteiger partial charge in [0, 0.05) is 32.1 Å². The van der Waals surface area contributed by atoms with Gasteiger partial charge in [0.2, 0.25) is 5.91 Å². The minimum atomic E-state index is -0.380. The van der Waals surface area contributed by atoms with Crippen LogP contribution in [-0.2, 0) is 11.3 Å². The SMILES string of the molecule is Cc1ccc2c(c1)C(=O)N(CCC(=O)N(C)Cc1ccccc1F)C2=O. The molecule has 0 spiro atoms. The van der Waals surface area contributed by atoms with Gasteiger partial charge in [0.25, 0.3) is 11.8 Å². The maximum atomic E-state index is 13.7. The summed E-state index contributed by atoms with van der Waals surface area (Å²) in [6, 6.07) is 11.3. The molecule has 0 atom stereocenters. The Balaban J connectivity index is 1.62. The van der Waals surface area contributed by atoms with Crippen molar-refractivity contribution in [2.24, 2.45) is 0 Å². The molecule has 3 amide bonds. The molecule has 134 valence electrons. The van der Waals surface area contributed by atoms with E-state index in [4.69, 9.17) is 0 Å². The number of hydrogen-bond acceptors (Lipinski definition) is 3. The van der Waals surface area contributed by atoms with E-state index >= 15 is 0 Å². The quantitative estimate of drug-likeness (QED) is 0.776. The normalized spacial score (nSPS) is 13.1. The van der Waals surface area contributed by atoms with Gasteiger partial charge in [0.1, 0.15) is 5.82 Å². The van der Waals surface area contributed by atoms with E-state index < -0.39 is 0 Å². The fourth-order valence-corrected chi connectivity index (χ4v) is 2.98. The Hall–Kier alpha value is -3.02. The van der Waals surface area contributed by atoms with E-state index in [1.807, 2.05) is 6.92 Å². The van der Waals surface area contributed by atoms with Crippen LogP contribution < -0.4 is 0 Å². The molecule has 0 aliphatic carbocycles. The lowest BCUT2D eigenvalue weighted by Gasteiger charge is -2.19. The number of carbonyl (C=O) groups is 3. The number of carbonyl (C=O) groups excluding carboxylic acids is 3. The van der Waals surface area contributed by atoms with Gasteiger partial charge in [-0.15, -0.1) is 0 Å². The summed E-state index contributed by atoms with van der Waals surface area (Å²) in [4.78, 5) is 39.6. The molecule has 2 aromatic carbocycles. The molecule has 1 aliphatic heterocycles. The molecule has 1 aliphatic rings. The van der Waals surface area contributed by atoms with Gasteiger partial charge in [-0.25, -0.2) is 4.39 Å². The minimum Gasteiger partial charge on any atom is -0.341 e. The first kappa shape index (κ1) is 17.8. The van der Waals surface area contributed by atoms with Crippen LogP contribution in [-0.4, -0.2) is 41.1 Å². The molecule has 3 rings (SSSR count). The van der Waals surface area contributed by atoms with E-state index in [0.29, 0.717) is 16.7 Å². The van der Waals surface area contributed by atoms with E-state index in [-0.39, 0.29) is 43.0 Å². The van der Waals surface area contributed by atoms with Crippen LogP contribution in [0.5, 0.6) is 0 Å². The topological polar surface area (TPSA) is 57.7 Å². The Morgan fingerprint density at radius 1 is 1.08 bits per heavy atom. The summed E-state index contributed by atoms with van der Waals surface area (Å²) in [6.07, 6.45) is -0.00456. The Labute approximate surface area is 151 Å². The number of imide groups is 1. The van der Waals surface area contributed by atoms with Crippen LogP contribution in [0.1, 0.15) is 38.3 Å². The molecule has 1 heterocycles. The lowest BCUT2D eigenvalue weighted by Crippen LogP contribution is -2.35. The summed E-state index contributed by atoms with van der Waals surface area (Å²) in [5, 5.41) is 0. The number of fused-ring (bicyclic) bond motifs is 1. The van der Waals surface area contributed by atoms with Crippen molar-refractivity contribution in [1.29, 1.82) is 0 Å². The maximum absolute atomic E-state index is 13.7. The first-order valence-corrected chi connectivity index (χ1v) is 8.32. The minimum absolute atomic E-state index is 0.00456. The molecule has 0 bridgehead atoms. The van der Waals surface area contributed by atoms with Gasteiger partial charge in [-0.3, -0.25) is 19.3 Å². The van der Waals surface area contributed by atoms with Crippen molar-refractivity contribution in [3.63, 3.8) is 0 Å². The molecule has 0 N–H and O–H groups in total. The zero-order valence-electron chi connectivity index (χ0n) is 14.7. The molecule has 0 saturated carbocycles. The Kier molecular flexibility index (Phi) is 4.84. The highest BCUT2D eigenvalue weighted by atomic mass is 19.1. The summed E-state index contributed by atoms with van der Waals surface area (Å²) in [6.45, 7) is 1.99. The van der Waals surface area contributed by atoms with Crippen LogP contribution in [0.15, 0.2) is 42.5 Å². The standard InChI is InChI=1S/C20H19FN2O3/c1-13-7-8-15-16(11-13)20(26)23(19(15)25)10-9-18(24)22(2)12-14-5-3-4-6-17(14)21/h3-8,11H,9-10,12H2,1-2H3. The molecular formula is C20H19FN2O3. The predicted molar refractivity (Wildman–Crippen MR) is 94.0 cm³/mol. The van der Waals surface area contributed by atoms with Gasteiger partial charge in [0.15, 0.2) is 0 Å². The van der Waals surface area contributed by atoms with Gasteiger partial charge in [0.05, 0.1) is 11.1 Å². The van der Waals surface area contributed by atoms with Gasteiger partial charge < -0.3 is 4.90 Å². The molecular weight excluding hydrogens is 335 g/mol. The third-order valence-corrected chi connectivity index (χ3v) is 4.47. The van der Waals surface area contributed by atoms with Gasteiger partial charge >= 0.3 is 0 Å². The second kappa shape index (κ2) is 7.07. The number of aryl methyl sites for hydroxylation is 1. The van der Waals surface area contributed by atoms with Crippen LogP contribution in [0.2, 0.25) is 0 Å². The van der Waals surface area contributed by atoms with Crippen LogP contribution in [0, 0.1) is 12.7 Å².